The molecule has 0 saturated carbocycles. The molecule has 1 heterocycles. The summed E-state index contributed by atoms with van der Waals surface area (Å²) in [5.74, 6) is -3.12. The second-order valence-electron chi connectivity index (χ2n) is 5.52. The number of hydrogen-bond acceptors (Lipinski definition) is 4. The van der Waals surface area contributed by atoms with Crippen molar-refractivity contribution in [3.63, 3.8) is 0 Å². The Hall–Kier alpha value is -1.05. The molecular formula is C14H19F2NO3S. The summed E-state index contributed by atoms with van der Waals surface area (Å²) in [6.45, 7) is 4.00. The van der Waals surface area contributed by atoms with E-state index in [9.17, 15) is 22.3 Å². The number of nitrogens with zero attached hydrogens (tertiary/aromatic N) is 1. The predicted molar refractivity (Wildman–Crippen MR) is 74.7 cm³/mol. The van der Waals surface area contributed by atoms with Gasteiger partial charge in [-0.2, -0.15) is 8.78 Å². The quantitative estimate of drug-likeness (QED) is 0.921. The maximum atomic E-state index is 12.4. The van der Waals surface area contributed by atoms with Gasteiger partial charge in [-0.1, -0.05) is 19.1 Å². The van der Waals surface area contributed by atoms with Crippen LogP contribution in [0.5, 0.6) is 0 Å². The van der Waals surface area contributed by atoms with Crippen molar-refractivity contribution >= 4 is 9.84 Å². The summed E-state index contributed by atoms with van der Waals surface area (Å²) >= 11 is 0. The van der Waals surface area contributed by atoms with Crippen molar-refractivity contribution < 1.29 is 22.3 Å². The molecule has 2 unspecified atom stereocenters. The molecule has 1 saturated heterocycles. The van der Waals surface area contributed by atoms with E-state index >= 15 is 0 Å². The number of benzene rings is 1. The van der Waals surface area contributed by atoms with Crippen LogP contribution in [-0.4, -0.2) is 43.4 Å². The largest absolute Gasteiger partial charge is 0.392 e. The Labute approximate surface area is 123 Å². The molecule has 1 aliphatic rings. The monoisotopic (exact) mass is 319 g/mol. The summed E-state index contributed by atoms with van der Waals surface area (Å²) in [5, 5.41) is 9.83. The highest BCUT2D eigenvalue weighted by Gasteiger charge is 2.27. The van der Waals surface area contributed by atoms with Crippen LogP contribution in [0.1, 0.15) is 18.9 Å². The van der Waals surface area contributed by atoms with Crippen molar-refractivity contribution in [1.82, 2.24) is 4.90 Å². The fourth-order valence-electron chi connectivity index (χ4n) is 2.40. The van der Waals surface area contributed by atoms with E-state index in [1.165, 1.54) is 12.1 Å². The van der Waals surface area contributed by atoms with Gasteiger partial charge in [0.1, 0.15) is 0 Å². The van der Waals surface area contributed by atoms with Crippen LogP contribution in [0, 0.1) is 5.92 Å². The predicted octanol–water partition coefficient (Wildman–Crippen LogP) is 1.89. The first kappa shape index (κ1) is 16.3. The van der Waals surface area contributed by atoms with Gasteiger partial charge in [-0.25, -0.2) is 8.42 Å². The molecule has 0 spiro atoms. The minimum Gasteiger partial charge on any atom is -0.392 e. The van der Waals surface area contributed by atoms with Crippen molar-refractivity contribution in [3.8, 4) is 0 Å². The number of aliphatic hydroxyl groups is 1. The van der Waals surface area contributed by atoms with Gasteiger partial charge in [0.25, 0.3) is 0 Å². The first-order valence-corrected chi connectivity index (χ1v) is 8.36. The first-order chi connectivity index (χ1) is 9.80. The van der Waals surface area contributed by atoms with Crippen molar-refractivity contribution in [2.45, 2.75) is 36.6 Å². The average molecular weight is 319 g/mol. The van der Waals surface area contributed by atoms with Crippen molar-refractivity contribution in [1.29, 1.82) is 0 Å². The third-order valence-corrected chi connectivity index (χ3v) is 5.29. The smallest absolute Gasteiger partial charge is 0.341 e. The molecule has 1 aliphatic heterocycles. The van der Waals surface area contributed by atoms with Gasteiger partial charge in [-0.15, -0.1) is 0 Å². The van der Waals surface area contributed by atoms with Gasteiger partial charge < -0.3 is 5.11 Å². The number of rotatable bonds is 4. The van der Waals surface area contributed by atoms with Gasteiger partial charge in [-0.05, 0) is 36.6 Å². The number of aliphatic hydroxyl groups excluding tert-OH is 1. The number of piperidine rings is 1. The Morgan fingerprint density at radius 2 is 1.95 bits per heavy atom. The second kappa shape index (κ2) is 6.37. The molecule has 4 nitrogen and oxygen atoms in total. The molecule has 1 aromatic carbocycles. The lowest BCUT2D eigenvalue weighted by atomic mass is 9.96. The van der Waals surface area contributed by atoms with E-state index in [1.54, 1.807) is 12.1 Å². The Bertz CT molecular complexity index is 574. The molecule has 0 aromatic heterocycles. The van der Waals surface area contributed by atoms with E-state index < -0.39 is 15.6 Å². The zero-order valence-electron chi connectivity index (χ0n) is 11.7. The van der Waals surface area contributed by atoms with Gasteiger partial charge >= 0.3 is 5.76 Å². The first-order valence-electron chi connectivity index (χ1n) is 6.82. The molecule has 118 valence electrons. The maximum absolute atomic E-state index is 12.4. The molecule has 2 rings (SSSR count). The molecule has 1 N–H and O–H groups in total. The number of sulfone groups is 1. The zero-order chi connectivity index (χ0) is 15.6. The molecule has 2 atom stereocenters. The molecule has 1 aromatic rings. The Balaban J connectivity index is 2.03. The fraction of sp³-hybridized carbons (Fsp3) is 0.571. The molecule has 7 heteroatoms. The summed E-state index contributed by atoms with van der Waals surface area (Å²) < 4.78 is 47.5. The normalized spacial score (nSPS) is 24.4. The molecule has 0 amide bonds. The highest BCUT2D eigenvalue weighted by molar-refractivity contribution is 7.91. The number of alkyl halides is 2. The van der Waals surface area contributed by atoms with E-state index in [4.69, 9.17) is 0 Å². The summed E-state index contributed by atoms with van der Waals surface area (Å²) in [7, 11) is -4.53. The molecule has 1 fully saturated rings. The summed E-state index contributed by atoms with van der Waals surface area (Å²) in [4.78, 5) is 1.70. The molecule has 0 aliphatic carbocycles. The standard InChI is InChI=1S/C14H19F2NO3S/c1-10-6-7-17(9-13(10)18)8-11-2-4-12(5-3-11)21(19,20)14(15)16/h2-5,10,13-14,18H,6-9H2,1H3. The van der Waals surface area contributed by atoms with Crippen LogP contribution in [-0.2, 0) is 16.4 Å². The van der Waals surface area contributed by atoms with Crippen LogP contribution in [0.15, 0.2) is 29.2 Å². The molecule has 0 radical (unpaired) electrons. The minimum atomic E-state index is -4.53. The van der Waals surface area contributed by atoms with Gasteiger partial charge in [0.2, 0.25) is 9.84 Å². The summed E-state index contributed by atoms with van der Waals surface area (Å²) in [5.41, 5.74) is 0.838. The molecular weight excluding hydrogens is 300 g/mol. The average Bonchev–Trinajstić information content (AvgIpc) is 2.43. The summed E-state index contributed by atoms with van der Waals surface area (Å²) in [6, 6.07) is 5.50. The van der Waals surface area contributed by atoms with Crippen molar-refractivity contribution in [2.24, 2.45) is 5.92 Å². The van der Waals surface area contributed by atoms with Crippen LogP contribution in [0.2, 0.25) is 0 Å². The van der Waals surface area contributed by atoms with E-state index in [1.807, 2.05) is 6.92 Å². The topological polar surface area (TPSA) is 57.6 Å². The van der Waals surface area contributed by atoms with Crippen LogP contribution < -0.4 is 0 Å². The van der Waals surface area contributed by atoms with Crippen molar-refractivity contribution in [2.75, 3.05) is 13.1 Å². The van der Waals surface area contributed by atoms with Crippen LogP contribution >= 0.6 is 0 Å². The molecule has 21 heavy (non-hydrogen) atoms. The van der Waals surface area contributed by atoms with Crippen molar-refractivity contribution in [3.05, 3.63) is 29.8 Å². The third kappa shape index (κ3) is 3.78. The number of hydrogen-bond donors (Lipinski definition) is 1. The number of β-amino-alcohol motifs (C(OH)–C–C–N with tert-alkyl or cyclic N) is 1. The Kier molecular flexibility index (Phi) is 4.95. The van der Waals surface area contributed by atoms with Gasteiger partial charge in [0.15, 0.2) is 0 Å². The number of likely N-dealkylation sites (tertiary alicyclic amines) is 1. The lowest BCUT2D eigenvalue weighted by Gasteiger charge is -2.34. The highest BCUT2D eigenvalue weighted by atomic mass is 32.2. The second-order valence-corrected chi connectivity index (χ2v) is 7.44. The van der Waals surface area contributed by atoms with Gasteiger partial charge in [0, 0.05) is 13.1 Å². The van der Waals surface area contributed by atoms with E-state index in [-0.39, 0.29) is 16.9 Å². The zero-order valence-corrected chi connectivity index (χ0v) is 12.6. The fourth-order valence-corrected chi connectivity index (χ4v) is 3.12. The van der Waals surface area contributed by atoms with Gasteiger partial charge in [0.05, 0.1) is 11.0 Å². The van der Waals surface area contributed by atoms with Crippen LogP contribution in [0.4, 0.5) is 8.78 Å². The lowest BCUT2D eigenvalue weighted by Crippen LogP contribution is -2.42. The Morgan fingerprint density at radius 1 is 1.33 bits per heavy atom. The van der Waals surface area contributed by atoms with Gasteiger partial charge in [-0.3, -0.25) is 4.90 Å². The SMILES string of the molecule is CC1CCN(Cc2ccc(S(=O)(=O)C(F)F)cc2)CC1O. The van der Waals surface area contributed by atoms with Crippen LogP contribution in [0.25, 0.3) is 0 Å². The highest BCUT2D eigenvalue weighted by Crippen LogP contribution is 2.21. The third-order valence-electron chi connectivity index (χ3n) is 3.90. The summed E-state index contributed by atoms with van der Waals surface area (Å²) in [6.07, 6.45) is 0.538. The van der Waals surface area contributed by atoms with Crippen LogP contribution in [0.3, 0.4) is 0 Å². The minimum absolute atomic E-state index is 0.278. The molecule has 0 bridgehead atoms. The lowest BCUT2D eigenvalue weighted by molar-refractivity contribution is 0.0259. The number of halogens is 2. The Morgan fingerprint density at radius 3 is 2.48 bits per heavy atom. The maximum Gasteiger partial charge on any atom is 0.341 e. The van der Waals surface area contributed by atoms with E-state index in [0.717, 1.165) is 18.5 Å². The van der Waals surface area contributed by atoms with E-state index in [2.05, 4.69) is 4.90 Å². The van der Waals surface area contributed by atoms with E-state index in [0.29, 0.717) is 13.1 Å².